The predicted octanol–water partition coefficient (Wildman–Crippen LogP) is 3.66. The average molecular weight is 269 g/mol. The van der Waals surface area contributed by atoms with E-state index in [1.54, 1.807) is 0 Å². The molecule has 0 radical (unpaired) electrons. The smallest absolute Gasteiger partial charge is 0.0705 e. The maximum atomic E-state index is 6.33. The van der Waals surface area contributed by atoms with Gasteiger partial charge in [-0.15, -0.1) is 0 Å². The third kappa shape index (κ3) is 2.97. The number of halogens is 1. The van der Waals surface area contributed by atoms with Gasteiger partial charge >= 0.3 is 0 Å². The normalized spacial score (nSPS) is 13.1. The number of hydrogen-bond donors (Lipinski definition) is 2. The second kappa shape index (κ2) is 5.80. The molecule has 17 heavy (non-hydrogen) atoms. The number of fused-ring (bicyclic) bond motifs is 1. The number of H-pyrrole nitrogens is 1. The Kier molecular flexibility index (Phi) is 4.37. The van der Waals surface area contributed by atoms with Crippen LogP contribution in [0.1, 0.15) is 12.6 Å². The maximum absolute atomic E-state index is 6.33. The van der Waals surface area contributed by atoms with E-state index in [9.17, 15) is 0 Å². The number of aromatic nitrogens is 1. The highest BCUT2D eigenvalue weighted by Crippen LogP contribution is 2.26. The molecule has 0 aliphatic rings. The van der Waals surface area contributed by atoms with Gasteiger partial charge in [0, 0.05) is 34.9 Å². The number of hydrogen-bond acceptors (Lipinski definition) is 2. The van der Waals surface area contributed by atoms with Crippen LogP contribution < -0.4 is 5.32 Å². The molecular formula is C13H17ClN2S. The lowest BCUT2D eigenvalue weighted by atomic mass is 10.2. The highest BCUT2D eigenvalue weighted by atomic mass is 35.5. The second-order valence-corrected chi connectivity index (χ2v) is 5.79. The van der Waals surface area contributed by atoms with Gasteiger partial charge in [-0.05, 0) is 12.3 Å². The molecule has 1 atom stereocenters. The van der Waals surface area contributed by atoms with Crippen molar-refractivity contribution < 1.29 is 0 Å². The molecule has 4 heteroatoms. The summed E-state index contributed by atoms with van der Waals surface area (Å²) in [5.41, 5.74) is 2.17. The minimum atomic E-state index is 0.623. The first kappa shape index (κ1) is 12.8. The van der Waals surface area contributed by atoms with Crippen LogP contribution in [0.15, 0.2) is 24.3 Å². The summed E-state index contributed by atoms with van der Waals surface area (Å²) in [5.74, 6) is 0. The van der Waals surface area contributed by atoms with Crippen LogP contribution in [0.5, 0.6) is 0 Å². The summed E-state index contributed by atoms with van der Waals surface area (Å²) in [5, 5.41) is 5.98. The van der Waals surface area contributed by atoms with Crippen molar-refractivity contribution in [1.82, 2.24) is 10.3 Å². The van der Waals surface area contributed by atoms with Crippen molar-refractivity contribution in [2.75, 3.05) is 12.8 Å². The van der Waals surface area contributed by atoms with Gasteiger partial charge in [0.15, 0.2) is 0 Å². The molecule has 1 heterocycles. The Morgan fingerprint density at radius 1 is 1.41 bits per heavy atom. The van der Waals surface area contributed by atoms with E-state index in [0.29, 0.717) is 5.25 Å². The minimum absolute atomic E-state index is 0.623. The first-order chi connectivity index (χ1) is 8.22. The highest BCUT2D eigenvalue weighted by Gasteiger charge is 2.08. The van der Waals surface area contributed by atoms with Gasteiger partial charge < -0.3 is 10.3 Å². The van der Waals surface area contributed by atoms with Gasteiger partial charge in [0.1, 0.15) is 0 Å². The van der Waals surface area contributed by atoms with E-state index >= 15 is 0 Å². The van der Waals surface area contributed by atoms with Crippen molar-refractivity contribution >= 4 is 34.3 Å². The number of para-hydroxylation sites is 1. The molecule has 2 nitrogen and oxygen atoms in total. The first-order valence-corrected chi connectivity index (χ1v) is 7.37. The Morgan fingerprint density at radius 2 is 2.18 bits per heavy atom. The molecule has 2 N–H and O–H groups in total. The van der Waals surface area contributed by atoms with E-state index in [0.717, 1.165) is 34.7 Å². The van der Waals surface area contributed by atoms with E-state index in [2.05, 4.69) is 29.5 Å². The third-order valence-corrected chi connectivity index (χ3v) is 4.25. The van der Waals surface area contributed by atoms with E-state index in [1.165, 1.54) is 0 Å². The largest absolute Gasteiger partial charge is 0.356 e. The quantitative estimate of drug-likeness (QED) is 0.866. The summed E-state index contributed by atoms with van der Waals surface area (Å²) in [7, 11) is 0. The monoisotopic (exact) mass is 268 g/mol. The highest BCUT2D eigenvalue weighted by molar-refractivity contribution is 7.99. The maximum Gasteiger partial charge on any atom is 0.0705 e. The van der Waals surface area contributed by atoms with Gasteiger partial charge in [0.2, 0.25) is 0 Å². The fourth-order valence-electron chi connectivity index (χ4n) is 1.77. The molecule has 2 rings (SSSR count). The first-order valence-electron chi connectivity index (χ1n) is 5.71. The third-order valence-electron chi connectivity index (χ3n) is 2.85. The Balaban J connectivity index is 2.06. The molecule has 0 aliphatic heterocycles. The molecule has 0 fully saturated rings. The molecule has 0 amide bonds. The molecule has 0 bridgehead atoms. The molecule has 1 unspecified atom stereocenters. The van der Waals surface area contributed by atoms with Crippen LogP contribution in [-0.4, -0.2) is 23.0 Å². The van der Waals surface area contributed by atoms with Crippen LogP contribution in [0.3, 0.4) is 0 Å². The lowest BCUT2D eigenvalue weighted by molar-refractivity contribution is 0.676. The predicted molar refractivity (Wildman–Crippen MR) is 78.0 cm³/mol. The molecule has 0 saturated heterocycles. The molecule has 2 aromatic rings. The fraction of sp³-hybridized carbons (Fsp3) is 0.385. The van der Waals surface area contributed by atoms with E-state index in [1.807, 2.05) is 30.0 Å². The summed E-state index contributed by atoms with van der Waals surface area (Å²) < 4.78 is 0. The number of aromatic amines is 1. The minimum Gasteiger partial charge on any atom is -0.356 e. The number of rotatable bonds is 5. The van der Waals surface area contributed by atoms with Crippen LogP contribution >= 0.6 is 23.4 Å². The lowest BCUT2D eigenvalue weighted by Gasteiger charge is -2.08. The van der Waals surface area contributed by atoms with E-state index < -0.39 is 0 Å². The molecule has 0 aliphatic carbocycles. The van der Waals surface area contributed by atoms with Crippen molar-refractivity contribution in [2.24, 2.45) is 0 Å². The van der Waals surface area contributed by atoms with Crippen LogP contribution in [0, 0.1) is 0 Å². The van der Waals surface area contributed by atoms with Crippen molar-refractivity contribution in [1.29, 1.82) is 0 Å². The van der Waals surface area contributed by atoms with Gasteiger partial charge in [0.05, 0.1) is 5.02 Å². The summed E-state index contributed by atoms with van der Waals surface area (Å²) >= 11 is 8.19. The summed E-state index contributed by atoms with van der Waals surface area (Å²) in [6, 6.07) is 8.12. The van der Waals surface area contributed by atoms with Crippen molar-refractivity contribution in [3.63, 3.8) is 0 Å². The number of benzene rings is 1. The summed E-state index contributed by atoms with van der Waals surface area (Å²) in [6.45, 7) is 4.00. The topological polar surface area (TPSA) is 27.8 Å². The van der Waals surface area contributed by atoms with Gasteiger partial charge in [-0.1, -0.05) is 36.7 Å². The van der Waals surface area contributed by atoms with Crippen LogP contribution in [0.4, 0.5) is 0 Å². The molecule has 0 saturated carbocycles. The van der Waals surface area contributed by atoms with Crippen molar-refractivity contribution in [3.05, 3.63) is 35.0 Å². The standard InChI is InChI=1S/C13H17ClN2S/c1-9(17-2)7-15-8-12-13(14)10-5-3-4-6-11(10)16-12/h3-6,9,15-16H,7-8H2,1-2H3. The van der Waals surface area contributed by atoms with Gasteiger partial charge in [-0.3, -0.25) is 0 Å². The summed E-state index contributed by atoms with van der Waals surface area (Å²) in [4.78, 5) is 3.35. The Hall–Kier alpha value is -0.640. The second-order valence-electron chi connectivity index (χ2n) is 4.14. The molecule has 92 valence electrons. The van der Waals surface area contributed by atoms with Crippen molar-refractivity contribution in [3.8, 4) is 0 Å². The zero-order valence-electron chi connectivity index (χ0n) is 10.1. The van der Waals surface area contributed by atoms with Gasteiger partial charge in [0.25, 0.3) is 0 Å². The Labute approximate surface area is 111 Å². The SMILES string of the molecule is CSC(C)CNCc1[nH]c2ccccc2c1Cl. The molecule has 1 aromatic heterocycles. The fourth-order valence-corrected chi connectivity index (χ4v) is 2.33. The van der Waals surface area contributed by atoms with Crippen molar-refractivity contribution in [2.45, 2.75) is 18.7 Å². The van der Waals surface area contributed by atoms with E-state index in [4.69, 9.17) is 11.6 Å². The zero-order chi connectivity index (χ0) is 12.3. The lowest BCUT2D eigenvalue weighted by Crippen LogP contribution is -2.22. The molecule has 1 aromatic carbocycles. The van der Waals surface area contributed by atoms with E-state index in [-0.39, 0.29) is 0 Å². The van der Waals surface area contributed by atoms with Crippen LogP contribution in [-0.2, 0) is 6.54 Å². The van der Waals surface area contributed by atoms with Crippen LogP contribution in [0.2, 0.25) is 5.02 Å². The summed E-state index contributed by atoms with van der Waals surface area (Å²) in [6.07, 6.45) is 2.13. The Bertz CT molecular complexity index is 495. The average Bonchev–Trinajstić information content (AvgIpc) is 2.67. The van der Waals surface area contributed by atoms with Gasteiger partial charge in [-0.25, -0.2) is 0 Å². The van der Waals surface area contributed by atoms with Crippen LogP contribution in [0.25, 0.3) is 10.9 Å². The number of nitrogens with one attached hydrogen (secondary N) is 2. The Morgan fingerprint density at radius 3 is 2.88 bits per heavy atom. The molecule has 0 spiro atoms. The number of thioether (sulfide) groups is 1. The molecular weight excluding hydrogens is 252 g/mol. The zero-order valence-corrected chi connectivity index (χ0v) is 11.7. The van der Waals surface area contributed by atoms with Gasteiger partial charge in [-0.2, -0.15) is 11.8 Å².